The van der Waals surface area contributed by atoms with E-state index in [1.165, 1.54) is 0 Å². The number of carbonyl (C=O) groups is 3. The van der Waals surface area contributed by atoms with Gasteiger partial charge in [-0.25, -0.2) is 0 Å². The Bertz CT molecular complexity index is 896. The molecule has 4 rings (SSSR count). The van der Waals surface area contributed by atoms with Crippen LogP contribution in [-0.2, 0) is 9.59 Å². The van der Waals surface area contributed by atoms with Crippen LogP contribution in [0.2, 0.25) is 0 Å². The van der Waals surface area contributed by atoms with Gasteiger partial charge in [-0.15, -0.1) is 0 Å². The molecule has 152 valence electrons. The van der Waals surface area contributed by atoms with Gasteiger partial charge in [0.1, 0.15) is 6.04 Å². The largest absolute Gasteiger partial charge is 0.366 e. The van der Waals surface area contributed by atoms with E-state index in [9.17, 15) is 19.6 Å². The SMILES string of the molecule is N#C[C@@H]1CCCN1C(=O)[C@@H](N)CN1CC2C[C@@H]1C(=O)N2c1cccc(C(N)=O)c1. The van der Waals surface area contributed by atoms with Crippen molar-refractivity contribution in [3.8, 4) is 6.07 Å². The third-order valence-corrected chi connectivity index (χ3v) is 6.11. The fourth-order valence-corrected chi connectivity index (χ4v) is 4.72. The van der Waals surface area contributed by atoms with Crippen molar-refractivity contribution in [1.82, 2.24) is 9.80 Å². The fourth-order valence-electron chi connectivity index (χ4n) is 4.72. The average Bonchev–Trinajstić information content (AvgIpc) is 3.41. The summed E-state index contributed by atoms with van der Waals surface area (Å²) in [6, 6.07) is 7.38. The van der Waals surface area contributed by atoms with Crippen LogP contribution < -0.4 is 16.4 Å². The van der Waals surface area contributed by atoms with Crippen molar-refractivity contribution in [3.63, 3.8) is 0 Å². The standard InChI is InChI=1S/C20H24N6O3/c21-9-14-5-2-6-25(14)19(28)16(22)11-24-10-15-8-17(24)20(29)26(15)13-4-1-3-12(7-13)18(23)27/h1,3-4,7,14-17H,2,5-6,8,10-11,22H2,(H2,23,27)/t14-,15?,16-,17+/m0/s1. The molecule has 3 heterocycles. The second-order valence-corrected chi connectivity index (χ2v) is 7.91. The molecular weight excluding hydrogens is 372 g/mol. The number of hydrogen-bond acceptors (Lipinski definition) is 6. The highest BCUT2D eigenvalue weighted by molar-refractivity contribution is 6.02. The van der Waals surface area contributed by atoms with Gasteiger partial charge < -0.3 is 21.3 Å². The van der Waals surface area contributed by atoms with Crippen molar-refractivity contribution in [2.75, 3.05) is 24.5 Å². The van der Waals surface area contributed by atoms with Crippen LogP contribution in [0.25, 0.3) is 0 Å². The maximum Gasteiger partial charge on any atom is 0.248 e. The van der Waals surface area contributed by atoms with E-state index in [1.807, 2.05) is 4.90 Å². The number of anilines is 1. The third-order valence-electron chi connectivity index (χ3n) is 6.11. The maximum atomic E-state index is 13.0. The number of benzene rings is 1. The van der Waals surface area contributed by atoms with Gasteiger partial charge in [0.15, 0.2) is 0 Å². The molecule has 1 aromatic carbocycles. The lowest BCUT2D eigenvalue weighted by Crippen LogP contribution is -2.56. The summed E-state index contributed by atoms with van der Waals surface area (Å²) in [7, 11) is 0. The first-order valence-corrected chi connectivity index (χ1v) is 9.83. The first-order valence-electron chi connectivity index (χ1n) is 9.83. The Morgan fingerprint density at radius 1 is 1.34 bits per heavy atom. The van der Waals surface area contributed by atoms with Crippen molar-refractivity contribution in [1.29, 1.82) is 5.26 Å². The number of nitrogens with zero attached hydrogens (tertiary/aromatic N) is 4. The summed E-state index contributed by atoms with van der Waals surface area (Å²) in [5, 5.41) is 9.19. The zero-order chi connectivity index (χ0) is 20.7. The number of likely N-dealkylation sites (tertiary alicyclic amines) is 2. The third kappa shape index (κ3) is 3.34. The number of amides is 3. The van der Waals surface area contributed by atoms with Gasteiger partial charge in [-0.3, -0.25) is 19.3 Å². The maximum absolute atomic E-state index is 13.0. The lowest BCUT2D eigenvalue weighted by molar-refractivity contribution is -0.134. The van der Waals surface area contributed by atoms with Gasteiger partial charge in [0.05, 0.1) is 24.2 Å². The average molecular weight is 396 g/mol. The molecule has 3 aliphatic heterocycles. The van der Waals surface area contributed by atoms with Gasteiger partial charge in [-0.05, 0) is 37.5 Å². The van der Waals surface area contributed by atoms with E-state index in [2.05, 4.69) is 6.07 Å². The quantitative estimate of drug-likeness (QED) is 0.683. The monoisotopic (exact) mass is 396 g/mol. The molecule has 0 aromatic heterocycles. The summed E-state index contributed by atoms with van der Waals surface area (Å²) in [4.78, 5) is 42.3. The molecule has 29 heavy (non-hydrogen) atoms. The minimum absolute atomic E-state index is 0.0310. The minimum Gasteiger partial charge on any atom is -0.366 e. The first-order chi connectivity index (χ1) is 13.9. The summed E-state index contributed by atoms with van der Waals surface area (Å²) in [5.74, 6) is -0.818. The van der Waals surface area contributed by atoms with Gasteiger partial charge in [-0.1, -0.05) is 6.07 Å². The van der Waals surface area contributed by atoms with Crippen molar-refractivity contribution in [3.05, 3.63) is 29.8 Å². The number of piperazine rings is 1. The highest BCUT2D eigenvalue weighted by Crippen LogP contribution is 2.36. The molecule has 4 N–H and O–H groups in total. The highest BCUT2D eigenvalue weighted by atomic mass is 16.2. The van der Waals surface area contributed by atoms with Crippen molar-refractivity contribution >= 4 is 23.4 Å². The molecular formula is C20H24N6O3. The molecule has 0 spiro atoms. The zero-order valence-corrected chi connectivity index (χ0v) is 16.0. The van der Waals surface area contributed by atoms with Crippen LogP contribution in [0.3, 0.4) is 0 Å². The smallest absolute Gasteiger partial charge is 0.248 e. The van der Waals surface area contributed by atoms with Gasteiger partial charge in [0.25, 0.3) is 0 Å². The van der Waals surface area contributed by atoms with Crippen LogP contribution in [0.15, 0.2) is 24.3 Å². The molecule has 4 atom stereocenters. The molecule has 3 amide bonds. The number of rotatable bonds is 5. The minimum atomic E-state index is -0.761. The molecule has 9 nitrogen and oxygen atoms in total. The topological polar surface area (TPSA) is 137 Å². The molecule has 0 aliphatic carbocycles. The Morgan fingerprint density at radius 3 is 2.83 bits per heavy atom. The molecule has 2 bridgehead atoms. The summed E-state index contributed by atoms with van der Waals surface area (Å²) in [6.45, 7) is 1.45. The fraction of sp³-hybridized carbons (Fsp3) is 0.500. The van der Waals surface area contributed by atoms with Crippen LogP contribution in [0, 0.1) is 11.3 Å². The number of nitrogens with two attached hydrogens (primary N) is 2. The number of nitriles is 1. The molecule has 1 unspecified atom stereocenters. The normalized spacial score (nSPS) is 27.3. The Hall–Kier alpha value is -2.96. The summed E-state index contributed by atoms with van der Waals surface area (Å²) >= 11 is 0. The van der Waals surface area contributed by atoms with Crippen LogP contribution >= 0.6 is 0 Å². The van der Waals surface area contributed by atoms with E-state index in [0.717, 1.165) is 6.42 Å². The molecule has 3 fully saturated rings. The predicted octanol–water partition coefficient (Wildman–Crippen LogP) is -0.583. The number of fused-ring (bicyclic) bond motifs is 2. The number of carbonyl (C=O) groups excluding carboxylic acids is 3. The lowest BCUT2D eigenvalue weighted by Gasteiger charge is -2.35. The molecule has 0 radical (unpaired) electrons. The lowest BCUT2D eigenvalue weighted by atomic mass is 10.1. The number of hydrogen-bond donors (Lipinski definition) is 2. The van der Waals surface area contributed by atoms with Crippen LogP contribution in [0.5, 0.6) is 0 Å². The van der Waals surface area contributed by atoms with Gasteiger partial charge in [-0.2, -0.15) is 5.26 Å². The van der Waals surface area contributed by atoms with Crippen LogP contribution in [-0.4, -0.2) is 71.3 Å². The molecule has 3 aliphatic rings. The number of primary amides is 1. The van der Waals surface area contributed by atoms with Crippen molar-refractivity contribution in [2.45, 2.75) is 43.4 Å². The van der Waals surface area contributed by atoms with Crippen molar-refractivity contribution < 1.29 is 14.4 Å². The summed E-state index contributed by atoms with van der Waals surface area (Å²) in [6.07, 6.45) is 2.15. The Balaban J connectivity index is 1.42. The zero-order valence-electron chi connectivity index (χ0n) is 16.0. The van der Waals surface area contributed by atoms with E-state index in [1.54, 1.807) is 34.1 Å². The second kappa shape index (κ2) is 7.46. The van der Waals surface area contributed by atoms with E-state index >= 15 is 0 Å². The van der Waals surface area contributed by atoms with E-state index in [-0.39, 0.29) is 30.4 Å². The van der Waals surface area contributed by atoms with Crippen LogP contribution in [0.4, 0.5) is 5.69 Å². The highest BCUT2D eigenvalue weighted by Gasteiger charge is 2.50. The predicted molar refractivity (Wildman–Crippen MR) is 105 cm³/mol. The van der Waals surface area contributed by atoms with Gasteiger partial charge in [0.2, 0.25) is 17.7 Å². The summed E-state index contributed by atoms with van der Waals surface area (Å²) in [5.41, 5.74) is 12.5. The Labute approximate surface area is 168 Å². The summed E-state index contributed by atoms with van der Waals surface area (Å²) < 4.78 is 0. The van der Waals surface area contributed by atoms with Crippen molar-refractivity contribution in [2.24, 2.45) is 11.5 Å². The van der Waals surface area contributed by atoms with Crippen LogP contribution in [0.1, 0.15) is 29.6 Å². The van der Waals surface area contributed by atoms with E-state index in [0.29, 0.717) is 37.2 Å². The van der Waals surface area contributed by atoms with Gasteiger partial charge >= 0.3 is 0 Å². The molecule has 9 heteroatoms. The molecule has 0 saturated carbocycles. The van der Waals surface area contributed by atoms with E-state index in [4.69, 9.17) is 11.5 Å². The molecule has 3 saturated heterocycles. The van der Waals surface area contributed by atoms with Gasteiger partial charge in [0, 0.05) is 30.9 Å². The Morgan fingerprint density at radius 2 is 2.14 bits per heavy atom. The second-order valence-electron chi connectivity index (χ2n) is 7.91. The van der Waals surface area contributed by atoms with E-state index < -0.39 is 18.0 Å². The molecule has 1 aromatic rings. The first kappa shape index (κ1) is 19.4. The Kier molecular flexibility index (Phi) is 4.98.